The summed E-state index contributed by atoms with van der Waals surface area (Å²) in [5, 5.41) is 3.66. The molecule has 0 spiro atoms. The Morgan fingerprint density at radius 2 is 1.50 bits per heavy atom. The average Bonchev–Trinajstić information content (AvgIpc) is 2.83. The number of nitrogens with one attached hydrogen (secondary N) is 2. The summed E-state index contributed by atoms with van der Waals surface area (Å²) in [5.74, 6) is 0.612. The van der Waals surface area contributed by atoms with Crippen molar-refractivity contribution in [1.82, 2.24) is 10.3 Å². The van der Waals surface area contributed by atoms with Crippen molar-refractivity contribution in [2.75, 3.05) is 6.54 Å². The van der Waals surface area contributed by atoms with Crippen LogP contribution >= 0.6 is 0 Å². The summed E-state index contributed by atoms with van der Waals surface area (Å²) < 4.78 is 11.2. The molecule has 0 bridgehead atoms. The Labute approximate surface area is 185 Å². The monoisotopic (exact) mass is 428 g/mol. The standard InChI is InChI=1S/C26H24N2O4/c29-24-14-12-22-21(15-16-27-26(30)32-18-20-9-5-2-6-10-20)11-13-23(25(22)28-24)31-17-19-7-3-1-4-8-19/h1-14H,15-18H2,(H,27,30)(H,28,29). The minimum absolute atomic E-state index is 0.193. The van der Waals surface area contributed by atoms with Crippen LogP contribution in [0.3, 0.4) is 0 Å². The van der Waals surface area contributed by atoms with Gasteiger partial charge in [0.2, 0.25) is 5.56 Å². The number of H-pyrrole nitrogens is 1. The molecule has 6 heteroatoms. The highest BCUT2D eigenvalue weighted by atomic mass is 16.5. The molecule has 0 saturated carbocycles. The molecule has 4 aromatic rings. The zero-order valence-electron chi connectivity index (χ0n) is 17.5. The predicted octanol–water partition coefficient (Wildman–Crippen LogP) is 4.58. The van der Waals surface area contributed by atoms with Gasteiger partial charge in [0.25, 0.3) is 0 Å². The molecule has 0 aliphatic carbocycles. The second kappa shape index (κ2) is 10.3. The van der Waals surface area contributed by atoms with Gasteiger partial charge in [0.1, 0.15) is 19.0 Å². The third kappa shape index (κ3) is 5.55. The molecule has 1 amide bonds. The number of hydrogen-bond donors (Lipinski definition) is 2. The molecule has 0 atom stereocenters. The van der Waals surface area contributed by atoms with Gasteiger partial charge in [-0.2, -0.15) is 0 Å². The lowest BCUT2D eigenvalue weighted by Crippen LogP contribution is -2.26. The van der Waals surface area contributed by atoms with Crippen LogP contribution in [0.5, 0.6) is 5.75 Å². The zero-order chi connectivity index (χ0) is 22.2. The number of benzene rings is 3. The largest absolute Gasteiger partial charge is 0.487 e. The Kier molecular flexibility index (Phi) is 6.82. The van der Waals surface area contributed by atoms with E-state index in [1.165, 1.54) is 6.07 Å². The lowest BCUT2D eigenvalue weighted by Gasteiger charge is -2.13. The maximum absolute atomic E-state index is 12.0. The SMILES string of the molecule is O=C(NCCc1ccc(OCc2ccccc2)c2[nH]c(=O)ccc12)OCc1ccccc1. The fourth-order valence-electron chi connectivity index (χ4n) is 3.43. The average molecular weight is 428 g/mol. The van der Waals surface area contributed by atoms with E-state index < -0.39 is 6.09 Å². The highest BCUT2D eigenvalue weighted by Gasteiger charge is 2.10. The lowest BCUT2D eigenvalue weighted by molar-refractivity contribution is 0.140. The molecule has 3 aromatic carbocycles. The molecular formula is C26H24N2O4. The Morgan fingerprint density at radius 1 is 0.812 bits per heavy atom. The van der Waals surface area contributed by atoms with E-state index in [-0.39, 0.29) is 12.2 Å². The van der Waals surface area contributed by atoms with Crippen LogP contribution in [0.2, 0.25) is 0 Å². The van der Waals surface area contributed by atoms with Crippen molar-refractivity contribution >= 4 is 17.0 Å². The van der Waals surface area contributed by atoms with E-state index >= 15 is 0 Å². The second-order valence-corrected chi connectivity index (χ2v) is 7.35. The highest BCUT2D eigenvalue weighted by Crippen LogP contribution is 2.27. The summed E-state index contributed by atoms with van der Waals surface area (Å²) in [4.78, 5) is 26.8. The summed E-state index contributed by atoms with van der Waals surface area (Å²) in [5.41, 5.74) is 3.43. The summed E-state index contributed by atoms with van der Waals surface area (Å²) in [6.07, 6.45) is 0.122. The van der Waals surface area contributed by atoms with Crippen molar-refractivity contribution < 1.29 is 14.3 Å². The van der Waals surface area contributed by atoms with Gasteiger partial charge in [-0.1, -0.05) is 66.7 Å². The Hall–Kier alpha value is -4.06. The van der Waals surface area contributed by atoms with Gasteiger partial charge in [-0.15, -0.1) is 0 Å². The van der Waals surface area contributed by atoms with Gasteiger partial charge < -0.3 is 19.8 Å². The van der Waals surface area contributed by atoms with Crippen molar-refractivity contribution in [3.05, 3.63) is 112 Å². The summed E-state index contributed by atoms with van der Waals surface area (Å²) >= 11 is 0. The molecule has 1 aromatic heterocycles. The fourth-order valence-corrected chi connectivity index (χ4v) is 3.43. The van der Waals surface area contributed by atoms with Gasteiger partial charge in [0, 0.05) is 18.0 Å². The number of carbonyl (C=O) groups excluding carboxylic acids is 1. The van der Waals surface area contributed by atoms with Gasteiger partial charge in [-0.05, 0) is 35.2 Å². The molecule has 0 aliphatic rings. The first-order chi connectivity index (χ1) is 15.7. The van der Waals surface area contributed by atoms with Crippen molar-refractivity contribution in [3.8, 4) is 5.75 Å². The molecule has 0 fully saturated rings. The molecule has 2 N–H and O–H groups in total. The van der Waals surface area contributed by atoms with Gasteiger partial charge in [0.05, 0.1) is 5.52 Å². The van der Waals surface area contributed by atoms with Gasteiger partial charge in [-0.3, -0.25) is 4.79 Å². The molecule has 1 heterocycles. The van der Waals surface area contributed by atoms with Crippen LogP contribution in [-0.4, -0.2) is 17.6 Å². The van der Waals surface area contributed by atoms with E-state index in [1.54, 1.807) is 6.07 Å². The van der Waals surface area contributed by atoms with Crippen molar-refractivity contribution in [2.45, 2.75) is 19.6 Å². The number of ether oxygens (including phenoxy) is 2. The molecule has 0 aliphatic heterocycles. The summed E-state index contributed by atoms with van der Waals surface area (Å²) in [7, 11) is 0. The van der Waals surface area contributed by atoms with E-state index in [9.17, 15) is 9.59 Å². The molecular weight excluding hydrogens is 404 g/mol. The van der Waals surface area contributed by atoms with E-state index in [0.29, 0.717) is 30.8 Å². The summed E-state index contributed by atoms with van der Waals surface area (Å²) in [6.45, 7) is 1.04. The number of carbonyl (C=O) groups is 1. The molecule has 0 saturated heterocycles. The number of hydrogen-bond acceptors (Lipinski definition) is 4. The van der Waals surface area contributed by atoms with Crippen LogP contribution in [0.1, 0.15) is 16.7 Å². The van der Waals surface area contributed by atoms with Gasteiger partial charge in [0.15, 0.2) is 0 Å². The minimum atomic E-state index is -0.464. The first-order valence-corrected chi connectivity index (χ1v) is 10.5. The number of aromatic nitrogens is 1. The third-order valence-electron chi connectivity index (χ3n) is 5.06. The highest BCUT2D eigenvalue weighted by molar-refractivity contribution is 5.87. The van der Waals surface area contributed by atoms with Crippen LogP contribution in [0, 0.1) is 0 Å². The number of pyridine rings is 1. The molecule has 4 rings (SSSR count). The molecule has 6 nitrogen and oxygen atoms in total. The normalized spacial score (nSPS) is 10.6. The summed E-state index contributed by atoms with van der Waals surface area (Å²) in [6, 6.07) is 26.5. The van der Waals surface area contributed by atoms with E-state index in [4.69, 9.17) is 9.47 Å². The Balaban J connectivity index is 1.39. The second-order valence-electron chi connectivity index (χ2n) is 7.35. The number of rotatable bonds is 8. The van der Waals surface area contributed by atoms with Crippen molar-refractivity contribution in [1.29, 1.82) is 0 Å². The minimum Gasteiger partial charge on any atom is -0.487 e. The van der Waals surface area contributed by atoms with Crippen molar-refractivity contribution in [2.24, 2.45) is 0 Å². The maximum atomic E-state index is 12.0. The van der Waals surface area contributed by atoms with Crippen molar-refractivity contribution in [3.63, 3.8) is 0 Å². The third-order valence-corrected chi connectivity index (χ3v) is 5.06. The molecule has 0 radical (unpaired) electrons. The van der Waals surface area contributed by atoms with Gasteiger partial charge >= 0.3 is 6.09 Å². The maximum Gasteiger partial charge on any atom is 0.407 e. The number of alkyl carbamates (subject to hydrolysis) is 1. The number of fused-ring (bicyclic) bond motifs is 1. The zero-order valence-corrected chi connectivity index (χ0v) is 17.5. The molecule has 0 unspecified atom stereocenters. The van der Waals surface area contributed by atoms with E-state index in [0.717, 1.165) is 22.1 Å². The van der Waals surface area contributed by atoms with Crippen LogP contribution in [0.4, 0.5) is 4.79 Å². The van der Waals surface area contributed by atoms with Crippen LogP contribution < -0.4 is 15.6 Å². The smallest absolute Gasteiger partial charge is 0.407 e. The van der Waals surface area contributed by atoms with Crippen LogP contribution in [-0.2, 0) is 24.4 Å². The van der Waals surface area contributed by atoms with Crippen LogP contribution in [0.25, 0.3) is 10.9 Å². The lowest BCUT2D eigenvalue weighted by atomic mass is 10.0. The fraction of sp³-hybridized carbons (Fsp3) is 0.154. The predicted molar refractivity (Wildman–Crippen MR) is 124 cm³/mol. The first kappa shape index (κ1) is 21.2. The Bertz CT molecular complexity index is 1240. The number of amides is 1. The number of aromatic amines is 1. The van der Waals surface area contributed by atoms with Crippen LogP contribution in [0.15, 0.2) is 89.7 Å². The molecule has 32 heavy (non-hydrogen) atoms. The molecule has 162 valence electrons. The quantitative estimate of drug-likeness (QED) is 0.431. The van der Waals surface area contributed by atoms with E-state index in [2.05, 4.69) is 10.3 Å². The van der Waals surface area contributed by atoms with E-state index in [1.807, 2.05) is 72.8 Å². The first-order valence-electron chi connectivity index (χ1n) is 10.5. The van der Waals surface area contributed by atoms with Gasteiger partial charge in [-0.25, -0.2) is 4.79 Å². The topological polar surface area (TPSA) is 80.4 Å². The Morgan fingerprint density at radius 3 is 2.22 bits per heavy atom.